The van der Waals surface area contributed by atoms with Crippen LogP contribution >= 0.6 is 0 Å². The van der Waals surface area contributed by atoms with Gasteiger partial charge >= 0.3 is 0 Å². The lowest BCUT2D eigenvalue weighted by atomic mass is 10.1. The molecule has 0 spiro atoms. The van der Waals surface area contributed by atoms with E-state index in [1.165, 1.54) is 0 Å². The topological polar surface area (TPSA) is 68.3 Å². The van der Waals surface area contributed by atoms with Gasteiger partial charge < -0.3 is 0 Å². The minimum atomic E-state index is -3.63. The van der Waals surface area contributed by atoms with E-state index in [0.717, 1.165) is 22.5 Å². The molecule has 1 aliphatic heterocycles. The van der Waals surface area contributed by atoms with Gasteiger partial charge in [0.05, 0.1) is 16.1 Å². The van der Waals surface area contributed by atoms with E-state index < -0.39 is 19.7 Å². The summed E-state index contributed by atoms with van der Waals surface area (Å²) in [5.41, 5.74) is 1.16. The largest absolute Gasteiger partial charge is 0.223 e. The van der Waals surface area contributed by atoms with Crippen LogP contribution in [0.5, 0.6) is 0 Å². The van der Waals surface area contributed by atoms with E-state index in [4.69, 9.17) is 0 Å². The van der Waals surface area contributed by atoms with Gasteiger partial charge in [-0.2, -0.15) is 0 Å². The Hall–Kier alpha value is -1.40. The summed E-state index contributed by atoms with van der Waals surface area (Å²) in [5.74, 6) is -0.299. The number of hydrogen-bond acceptors (Lipinski definition) is 4. The number of rotatable bonds is 1. The third-order valence-electron chi connectivity index (χ3n) is 2.62. The second-order valence-corrected chi connectivity index (χ2v) is 7.73. The van der Waals surface area contributed by atoms with Crippen molar-refractivity contribution in [3.05, 3.63) is 52.3 Å². The van der Waals surface area contributed by atoms with Crippen LogP contribution in [0.15, 0.2) is 41.2 Å². The summed E-state index contributed by atoms with van der Waals surface area (Å²) in [5, 5.41) is 1.75. The third-order valence-corrected chi connectivity index (χ3v) is 5.54. The molecule has 0 saturated carbocycles. The highest BCUT2D eigenvalue weighted by atomic mass is 32.2. The maximum absolute atomic E-state index is 12.1. The van der Waals surface area contributed by atoms with Crippen molar-refractivity contribution < 1.29 is 16.8 Å². The zero-order valence-electron chi connectivity index (χ0n) is 9.70. The van der Waals surface area contributed by atoms with Gasteiger partial charge in [-0.25, -0.2) is 16.8 Å². The van der Waals surface area contributed by atoms with Crippen LogP contribution in [0.4, 0.5) is 0 Å². The van der Waals surface area contributed by atoms with Crippen molar-refractivity contribution in [2.75, 3.05) is 5.75 Å². The maximum Gasteiger partial charge on any atom is 0.194 e. The van der Waals surface area contributed by atoms with Crippen molar-refractivity contribution >= 4 is 24.6 Å². The molecule has 0 aromatic heterocycles. The Balaban J connectivity index is 2.75. The minimum Gasteiger partial charge on any atom is -0.223 e. The van der Waals surface area contributed by atoms with Crippen molar-refractivity contribution in [2.45, 2.75) is 6.92 Å². The van der Waals surface area contributed by atoms with E-state index in [0.29, 0.717) is 5.56 Å². The minimum absolute atomic E-state index is 0.134. The van der Waals surface area contributed by atoms with Gasteiger partial charge in [0.25, 0.3) is 0 Å². The van der Waals surface area contributed by atoms with Crippen LogP contribution in [-0.4, -0.2) is 22.6 Å². The fraction of sp³-hybridized carbons (Fsp3) is 0.167. The lowest BCUT2D eigenvalue weighted by Gasteiger charge is -2.09. The predicted molar refractivity (Wildman–Crippen MR) is 71.0 cm³/mol. The van der Waals surface area contributed by atoms with E-state index in [2.05, 4.69) is 0 Å². The Morgan fingerprint density at radius 1 is 1.06 bits per heavy atom. The Morgan fingerprint density at radius 3 is 2.39 bits per heavy atom. The molecule has 96 valence electrons. The van der Waals surface area contributed by atoms with Crippen molar-refractivity contribution in [3.8, 4) is 0 Å². The summed E-state index contributed by atoms with van der Waals surface area (Å²) in [6.45, 7) is 1.75. The number of hydrogen-bond donors (Lipinski definition) is 0. The number of sulfone groups is 2. The molecule has 0 radical (unpaired) electrons. The molecule has 0 amide bonds. The second-order valence-electron chi connectivity index (χ2n) is 4.04. The molecule has 0 unspecified atom stereocenters. The second kappa shape index (κ2) is 4.37. The van der Waals surface area contributed by atoms with Crippen molar-refractivity contribution in [3.63, 3.8) is 0 Å². The van der Waals surface area contributed by atoms with Crippen molar-refractivity contribution in [2.24, 2.45) is 0 Å². The molecule has 4 nitrogen and oxygen atoms in total. The summed E-state index contributed by atoms with van der Waals surface area (Å²) in [4.78, 5) is -0.134. The van der Waals surface area contributed by atoms with E-state index in [-0.39, 0.29) is 10.7 Å². The highest BCUT2D eigenvalue weighted by Crippen LogP contribution is 2.28. The van der Waals surface area contributed by atoms with E-state index >= 15 is 0 Å². The molecule has 0 aliphatic carbocycles. The molecular formula is C12H12O4S2. The monoisotopic (exact) mass is 284 g/mol. The molecule has 6 heteroatoms. The van der Waals surface area contributed by atoms with Crippen molar-refractivity contribution in [1.82, 2.24) is 0 Å². The molecule has 0 bridgehead atoms. The van der Waals surface area contributed by atoms with E-state index in [1.807, 2.05) is 0 Å². The van der Waals surface area contributed by atoms with Crippen LogP contribution in [0, 0.1) is 6.92 Å². The van der Waals surface area contributed by atoms with Gasteiger partial charge in [-0.05, 0) is 18.1 Å². The summed E-state index contributed by atoms with van der Waals surface area (Å²) in [6, 6.07) is 6.81. The summed E-state index contributed by atoms with van der Waals surface area (Å²) < 4.78 is 47.4. The summed E-state index contributed by atoms with van der Waals surface area (Å²) in [7, 11) is -7.24. The SMILES string of the molecule is Cc1ccccc1C1=CS(=O)(=O)C=CCS1(=O)=O. The van der Waals surface area contributed by atoms with Crippen LogP contribution in [0.25, 0.3) is 4.91 Å². The molecule has 0 fully saturated rings. The van der Waals surface area contributed by atoms with Crippen LogP contribution in [0.2, 0.25) is 0 Å². The van der Waals surface area contributed by atoms with Crippen LogP contribution < -0.4 is 0 Å². The first-order valence-corrected chi connectivity index (χ1v) is 8.50. The third kappa shape index (κ3) is 2.54. The van der Waals surface area contributed by atoms with Crippen LogP contribution in [0.3, 0.4) is 0 Å². The number of aryl methyl sites for hydroxylation is 1. The van der Waals surface area contributed by atoms with Gasteiger partial charge in [-0.1, -0.05) is 30.3 Å². The van der Waals surface area contributed by atoms with Gasteiger partial charge in [0, 0.05) is 5.41 Å². The predicted octanol–water partition coefficient (Wildman–Crippen LogP) is 1.65. The van der Waals surface area contributed by atoms with Crippen LogP contribution in [0.1, 0.15) is 11.1 Å². The zero-order valence-corrected chi connectivity index (χ0v) is 11.3. The standard InChI is InChI=1S/C12H12O4S2/c1-10-5-2-3-6-11(10)12-9-17(13,14)7-4-8-18(12,15)16/h2-7,9H,8H2,1H3. The molecule has 18 heavy (non-hydrogen) atoms. The first-order valence-electron chi connectivity index (χ1n) is 5.24. The van der Waals surface area contributed by atoms with Gasteiger partial charge in [0.15, 0.2) is 19.7 Å². The molecule has 1 heterocycles. The van der Waals surface area contributed by atoms with Gasteiger partial charge in [-0.15, -0.1) is 0 Å². The van der Waals surface area contributed by atoms with Gasteiger partial charge in [0.2, 0.25) is 0 Å². The molecule has 2 rings (SSSR count). The molecule has 0 N–H and O–H groups in total. The Bertz CT molecular complexity index is 738. The van der Waals surface area contributed by atoms with Crippen LogP contribution in [-0.2, 0) is 19.7 Å². The van der Waals surface area contributed by atoms with Crippen molar-refractivity contribution in [1.29, 1.82) is 0 Å². The van der Waals surface area contributed by atoms with E-state index in [1.54, 1.807) is 31.2 Å². The molecular weight excluding hydrogens is 272 g/mol. The normalized spacial score (nSPS) is 21.1. The fourth-order valence-corrected chi connectivity index (χ4v) is 4.80. The average Bonchev–Trinajstić information content (AvgIpc) is 2.36. The lowest BCUT2D eigenvalue weighted by Crippen LogP contribution is -2.07. The van der Waals surface area contributed by atoms with Gasteiger partial charge in [0.1, 0.15) is 0 Å². The highest BCUT2D eigenvalue weighted by Gasteiger charge is 2.24. The van der Waals surface area contributed by atoms with E-state index in [9.17, 15) is 16.8 Å². The summed E-state index contributed by atoms with van der Waals surface area (Å²) >= 11 is 0. The Labute approximate surface area is 106 Å². The summed E-state index contributed by atoms with van der Waals surface area (Å²) in [6.07, 6.45) is 1.16. The first kappa shape index (κ1) is 13.0. The Kier molecular flexibility index (Phi) is 3.16. The van der Waals surface area contributed by atoms with Gasteiger partial charge in [-0.3, -0.25) is 0 Å². The molecule has 1 aromatic carbocycles. The molecule has 0 atom stereocenters. The zero-order chi connectivity index (χ0) is 13.4. The smallest absolute Gasteiger partial charge is 0.194 e. The first-order chi connectivity index (χ1) is 8.32. The average molecular weight is 284 g/mol. The Morgan fingerprint density at radius 2 is 1.72 bits per heavy atom. The lowest BCUT2D eigenvalue weighted by molar-refractivity contribution is 0.607. The molecule has 0 saturated heterocycles. The number of benzene rings is 1. The highest BCUT2D eigenvalue weighted by molar-refractivity contribution is 8.04. The molecule has 1 aliphatic rings. The fourth-order valence-electron chi connectivity index (χ4n) is 1.73. The maximum atomic E-state index is 12.1. The quantitative estimate of drug-likeness (QED) is 0.786. The molecule has 1 aromatic rings.